The maximum Gasteiger partial charge on any atom is 0.339 e. The van der Waals surface area contributed by atoms with Crippen LogP contribution in [0.25, 0.3) is 21.8 Å². The minimum absolute atomic E-state index is 0.176. The first-order valence-corrected chi connectivity index (χ1v) is 19.9. The second kappa shape index (κ2) is 16.9. The SMILES string of the molecule is CCCCCCCCn1c(C)c(CCC2(CCc3c(C)n(CCCCCCCC)c4ccccc34)OC(=O)c3ccccc32)c2ccccc21. The molecule has 4 nitrogen and oxygen atoms in total. The lowest BCUT2D eigenvalue weighted by atomic mass is 9.82. The highest BCUT2D eigenvalue weighted by Crippen LogP contribution is 2.45. The summed E-state index contributed by atoms with van der Waals surface area (Å²) < 4.78 is 11.6. The van der Waals surface area contributed by atoms with Crippen molar-refractivity contribution in [2.75, 3.05) is 0 Å². The molecule has 0 spiro atoms. The van der Waals surface area contributed by atoms with Crippen LogP contribution in [0.3, 0.4) is 0 Å². The van der Waals surface area contributed by atoms with E-state index in [2.05, 4.69) is 97.5 Å². The molecule has 0 amide bonds. The number of para-hydroxylation sites is 2. The lowest BCUT2D eigenvalue weighted by Crippen LogP contribution is -2.28. The van der Waals surface area contributed by atoms with Crippen LogP contribution in [0.15, 0.2) is 72.8 Å². The molecule has 0 atom stereocenters. The first-order chi connectivity index (χ1) is 24.5. The van der Waals surface area contributed by atoms with Crippen LogP contribution in [-0.2, 0) is 36.3 Å². The van der Waals surface area contributed by atoms with Gasteiger partial charge in [0.1, 0.15) is 5.60 Å². The van der Waals surface area contributed by atoms with Crippen molar-refractivity contribution in [3.8, 4) is 0 Å². The van der Waals surface area contributed by atoms with Crippen LogP contribution < -0.4 is 0 Å². The molecule has 266 valence electrons. The van der Waals surface area contributed by atoms with Crippen LogP contribution in [-0.4, -0.2) is 15.1 Å². The molecule has 2 aromatic heterocycles. The van der Waals surface area contributed by atoms with Crippen LogP contribution in [0.4, 0.5) is 0 Å². The van der Waals surface area contributed by atoms with Gasteiger partial charge >= 0.3 is 5.97 Å². The molecule has 3 aromatic carbocycles. The fourth-order valence-corrected chi connectivity index (χ4v) is 8.81. The van der Waals surface area contributed by atoms with Gasteiger partial charge in [0.15, 0.2) is 0 Å². The van der Waals surface area contributed by atoms with Gasteiger partial charge < -0.3 is 13.9 Å². The number of ether oxygens (including phenoxy) is 1. The van der Waals surface area contributed by atoms with E-state index >= 15 is 0 Å². The van der Waals surface area contributed by atoms with Crippen LogP contribution in [0.1, 0.15) is 142 Å². The van der Waals surface area contributed by atoms with Crippen molar-refractivity contribution in [1.29, 1.82) is 0 Å². The number of aromatic nitrogens is 2. The van der Waals surface area contributed by atoms with Gasteiger partial charge in [-0.05, 0) is 81.7 Å². The lowest BCUT2D eigenvalue weighted by Gasteiger charge is -2.29. The van der Waals surface area contributed by atoms with Crippen LogP contribution >= 0.6 is 0 Å². The van der Waals surface area contributed by atoms with Crippen molar-refractivity contribution < 1.29 is 9.53 Å². The Bertz CT molecular complexity index is 1770. The van der Waals surface area contributed by atoms with Gasteiger partial charge in [0.25, 0.3) is 0 Å². The summed E-state index contributed by atoms with van der Waals surface area (Å²) in [7, 11) is 0. The molecule has 1 aliphatic rings. The summed E-state index contributed by atoms with van der Waals surface area (Å²) >= 11 is 0. The number of benzene rings is 3. The van der Waals surface area contributed by atoms with E-state index in [1.807, 2.05) is 12.1 Å². The summed E-state index contributed by atoms with van der Waals surface area (Å²) in [5, 5.41) is 2.69. The standard InChI is InChI=1S/C46H60N2O2/c1-5-7-9-11-13-21-33-47-35(3)37(39-23-16-19-27-43(39)47)29-31-46(42-26-18-15-25-41(42)45(49)50-46)32-30-38-36(4)48(34-22-14-12-10-8-6-2)44-28-20-17-24-40(38)44/h15-20,23-28H,5-14,21-22,29-34H2,1-4H3. The topological polar surface area (TPSA) is 36.2 Å². The van der Waals surface area contributed by atoms with Gasteiger partial charge in [0.2, 0.25) is 0 Å². The van der Waals surface area contributed by atoms with Crippen LogP contribution in [0.5, 0.6) is 0 Å². The van der Waals surface area contributed by atoms with E-state index in [1.165, 1.54) is 121 Å². The molecule has 5 aromatic rings. The Morgan fingerprint density at radius 2 is 1.00 bits per heavy atom. The third-order valence-electron chi connectivity index (χ3n) is 11.7. The number of carbonyl (C=O) groups excluding carboxylic acids is 1. The van der Waals surface area contributed by atoms with E-state index in [-0.39, 0.29) is 5.97 Å². The van der Waals surface area contributed by atoms with Crippen molar-refractivity contribution in [3.05, 3.63) is 106 Å². The zero-order valence-electron chi connectivity index (χ0n) is 31.4. The summed E-state index contributed by atoms with van der Waals surface area (Å²) in [4.78, 5) is 13.5. The van der Waals surface area contributed by atoms with Gasteiger partial charge in [-0.3, -0.25) is 0 Å². The number of rotatable bonds is 20. The Hall–Kier alpha value is -3.79. The van der Waals surface area contributed by atoms with E-state index < -0.39 is 5.60 Å². The third kappa shape index (κ3) is 7.60. The second-order valence-corrected chi connectivity index (χ2v) is 14.9. The molecule has 3 heterocycles. The number of esters is 1. The zero-order valence-corrected chi connectivity index (χ0v) is 31.4. The third-order valence-corrected chi connectivity index (χ3v) is 11.7. The fraction of sp³-hybridized carbons (Fsp3) is 0.500. The quantitative estimate of drug-likeness (QED) is 0.0609. The number of unbranched alkanes of at least 4 members (excludes halogenated alkanes) is 10. The molecule has 6 rings (SSSR count). The minimum Gasteiger partial charge on any atom is -0.451 e. The molecule has 0 bridgehead atoms. The molecular formula is C46H60N2O2. The van der Waals surface area contributed by atoms with Crippen molar-refractivity contribution >= 4 is 27.8 Å². The summed E-state index contributed by atoms with van der Waals surface area (Å²) in [5.41, 5.74) is 9.33. The van der Waals surface area contributed by atoms with Gasteiger partial charge in [-0.25, -0.2) is 4.79 Å². The average Bonchev–Trinajstić information content (AvgIpc) is 3.69. The zero-order chi connectivity index (χ0) is 34.9. The highest BCUT2D eigenvalue weighted by molar-refractivity contribution is 5.95. The Morgan fingerprint density at radius 1 is 0.560 bits per heavy atom. The van der Waals surface area contributed by atoms with E-state index in [1.54, 1.807) is 0 Å². The maximum absolute atomic E-state index is 13.5. The number of nitrogens with zero attached hydrogens (tertiary/aromatic N) is 2. The molecule has 0 aliphatic carbocycles. The summed E-state index contributed by atoms with van der Waals surface area (Å²) in [6, 6.07) is 26.0. The number of cyclic esters (lactones) is 1. The summed E-state index contributed by atoms with van der Waals surface area (Å²) in [6.07, 6.45) is 18.9. The molecule has 1 aliphatic heterocycles. The van der Waals surface area contributed by atoms with Crippen molar-refractivity contribution in [1.82, 2.24) is 9.13 Å². The van der Waals surface area contributed by atoms with Gasteiger partial charge in [0, 0.05) is 51.8 Å². The monoisotopic (exact) mass is 672 g/mol. The number of hydrogen-bond donors (Lipinski definition) is 0. The Labute approximate surface area is 301 Å². The van der Waals surface area contributed by atoms with E-state index in [9.17, 15) is 4.79 Å². The minimum atomic E-state index is -0.655. The molecule has 0 radical (unpaired) electrons. The fourth-order valence-electron chi connectivity index (χ4n) is 8.81. The molecule has 0 saturated heterocycles. The van der Waals surface area contributed by atoms with Crippen molar-refractivity contribution in [2.24, 2.45) is 0 Å². The number of fused-ring (bicyclic) bond motifs is 3. The lowest BCUT2D eigenvalue weighted by molar-refractivity contribution is -0.0173. The summed E-state index contributed by atoms with van der Waals surface area (Å²) in [6.45, 7) is 11.3. The smallest absolute Gasteiger partial charge is 0.339 e. The molecule has 50 heavy (non-hydrogen) atoms. The molecule has 0 fully saturated rings. The number of carbonyl (C=O) groups is 1. The highest BCUT2D eigenvalue weighted by atomic mass is 16.6. The maximum atomic E-state index is 13.5. The molecule has 0 saturated carbocycles. The first kappa shape index (κ1) is 36.0. The van der Waals surface area contributed by atoms with Gasteiger partial charge in [-0.1, -0.05) is 133 Å². The molecule has 4 heteroatoms. The number of aryl methyl sites for hydroxylation is 4. The van der Waals surface area contributed by atoms with E-state index in [4.69, 9.17) is 4.74 Å². The largest absolute Gasteiger partial charge is 0.451 e. The normalized spacial score (nSPS) is 13.8. The van der Waals surface area contributed by atoms with E-state index in [0.717, 1.165) is 49.9 Å². The first-order valence-electron chi connectivity index (χ1n) is 19.9. The van der Waals surface area contributed by atoms with E-state index in [0.29, 0.717) is 0 Å². The molecular weight excluding hydrogens is 613 g/mol. The number of hydrogen-bond acceptors (Lipinski definition) is 2. The van der Waals surface area contributed by atoms with Gasteiger partial charge in [0.05, 0.1) is 5.56 Å². The van der Waals surface area contributed by atoms with Crippen molar-refractivity contribution in [3.63, 3.8) is 0 Å². The van der Waals surface area contributed by atoms with Crippen molar-refractivity contribution in [2.45, 2.75) is 149 Å². The van der Waals surface area contributed by atoms with Crippen LogP contribution in [0, 0.1) is 13.8 Å². The predicted octanol–water partition coefficient (Wildman–Crippen LogP) is 12.6. The van der Waals surface area contributed by atoms with Crippen LogP contribution in [0.2, 0.25) is 0 Å². The van der Waals surface area contributed by atoms with Gasteiger partial charge in [-0.15, -0.1) is 0 Å². The van der Waals surface area contributed by atoms with Gasteiger partial charge in [-0.2, -0.15) is 0 Å². The molecule has 0 unspecified atom stereocenters. The summed E-state index contributed by atoms with van der Waals surface area (Å²) in [5.74, 6) is -0.176. The Morgan fingerprint density at radius 3 is 1.52 bits per heavy atom. The highest BCUT2D eigenvalue weighted by Gasteiger charge is 2.45. The Kier molecular flexibility index (Phi) is 12.2. The predicted molar refractivity (Wildman–Crippen MR) is 210 cm³/mol. The average molecular weight is 673 g/mol. The molecule has 0 N–H and O–H groups in total. The second-order valence-electron chi connectivity index (χ2n) is 14.9. The Balaban J connectivity index is 1.25.